The van der Waals surface area contributed by atoms with Crippen molar-refractivity contribution in [3.63, 3.8) is 0 Å². The van der Waals surface area contributed by atoms with E-state index in [1.807, 2.05) is 23.1 Å². The maximum atomic E-state index is 13.4. The second-order valence-corrected chi connectivity index (χ2v) is 10.8. The van der Waals surface area contributed by atoms with Crippen LogP contribution in [0.15, 0.2) is 33.7 Å². The zero-order valence-corrected chi connectivity index (χ0v) is 20.3. The van der Waals surface area contributed by atoms with Crippen LogP contribution in [-0.4, -0.2) is 61.0 Å². The first kappa shape index (κ1) is 23.8. The number of aryl methyl sites for hydroxylation is 3. The second-order valence-electron chi connectivity index (χ2n) is 8.93. The zero-order valence-electron chi connectivity index (χ0n) is 19.5. The molecule has 3 heterocycles. The topological polar surface area (TPSA) is 93.0 Å². The summed E-state index contributed by atoms with van der Waals surface area (Å²) < 4.78 is 39.3. The van der Waals surface area contributed by atoms with E-state index >= 15 is 0 Å². The van der Waals surface area contributed by atoms with Crippen molar-refractivity contribution < 1.29 is 22.5 Å². The highest BCUT2D eigenvalue weighted by atomic mass is 32.2. The maximum Gasteiger partial charge on any atom is 0.248 e. The highest BCUT2D eigenvalue weighted by Crippen LogP contribution is 2.26. The summed E-state index contributed by atoms with van der Waals surface area (Å²) in [5.41, 5.74) is 1.50. The molecule has 1 amide bonds. The SMILES string of the molecule is Cc1noc(C)c1S(=O)(=O)N1CCCC(=O)N2CCCCC2CCc2cccc(c2)OCC1. The van der Waals surface area contributed by atoms with Crippen LogP contribution in [0.3, 0.4) is 0 Å². The van der Waals surface area contributed by atoms with Gasteiger partial charge in [-0.05, 0) is 70.1 Å². The maximum absolute atomic E-state index is 13.4. The molecule has 180 valence electrons. The highest BCUT2D eigenvalue weighted by Gasteiger charge is 2.32. The van der Waals surface area contributed by atoms with Crippen LogP contribution in [0.1, 0.15) is 55.5 Å². The monoisotopic (exact) mass is 475 g/mol. The van der Waals surface area contributed by atoms with E-state index in [4.69, 9.17) is 9.26 Å². The second kappa shape index (κ2) is 10.3. The molecule has 9 heteroatoms. The molecule has 0 radical (unpaired) electrons. The molecule has 0 spiro atoms. The number of piperidine rings is 1. The van der Waals surface area contributed by atoms with E-state index in [0.29, 0.717) is 18.5 Å². The summed E-state index contributed by atoms with van der Waals surface area (Å²) in [6.07, 6.45) is 5.80. The molecule has 8 nitrogen and oxygen atoms in total. The molecule has 4 rings (SSSR count). The smallest absolute Gasteiger partial charge is 0.248 e. The first-order valence-corrected chi connectivity index (χ1v) is 13.2. The van der Waals surface area contributed by atoms with Crippen molar-refractivity contribution in [3.8, 4) is 5.75 Å². The van der Waals surface area contributed by atoms with Gasteiger partial charge in [0, 0.05) is 32.1 Å². The quantitative estimate of drug-likeness (QED) is 0.660. The standard InChI is InChI=1S/C24H33N3O5S/c1-18-24(19(2)32-25-18)33(29,30)26-13-6-10-23(28)27-14-4-3-8-21(27)12-11-20-7-5-9-22(17-20)31-16-15-26/h5,7,9,17,21H,3-4,6,8,10-16H2,1-2H3. The van der Waals surface area contributed by atoms with Gasteiger partial charge in [0.2, 0.25) is 15.9 Å². The van der Waals surface area contributed by atoms with E-state index in [1.54, 1.807) is 13.8 Å². The van der Waals surface area contributed by atoms with Gasteiger partial charge in [0.1, 0.15) is 22.9 Å². The summed E-state index contributed by atoms with van der Waals surface area (Å²) in [6.45, 7) is 4.64. The molecule has 2 aliphatic rings. The van der Waals surface area contributed by atoms with Gasteiger partial charge in [-0.1, -0.05) is 17.3 Å². The fourth-order valence-electron chi connectivity index (χ4n) is 4.89. The molecule has 2 aromatic rings. The Hall–Kier alpha value is -2.39. The Kier molecular flexibility index (Phi) is 7.38. The van der Waals surface area contributed by atoms with Crippen molar-refractivity contribution in [2.45, 2.75) is 69.7 Å². The van der Waals surface area contributed by atoms with Crippen molar-refractivity contribution in [1.82, 2.24) is 14.4 Å². The van der Waals surface area contributed by atoms with E-state index in [1.165, 1.54) is 9.87 Å². The molecule has 33 heavy (non-hydrogen) atoms. The van der Waals surface area contributed by atoms with Crippen LogP contribution in [0.2, 0.25) is 0 Å². The number of rotatable bonds is 2. The molecule has 1 aromatic heterocycles. The van der Waals surface area contributed by atoms with Gasteiger partial charge in [0.05, 0.1) is 0 Å². The summed E-state index contributed by atoms with van der Waals surface area (Å²) in [4.78, 5) is 15.2. The van der Waals surface area contributed by atoms with E-state index in [9.17, 15) is 13.2 Å². The molecule has 0 N–H and O–H groups in total. The Bertz CT molecular complexity index is 1060. The highest BCUT2D eigenvalue weighted by molar-refractivity contribution is 7.89. The van der Waals surface area contributed by atoms with Crippen molar-refractivity contribution in [2.24, 2.45) is 0 Å². The fourth-order valence-corrected chi connectivity index (χ4v) is 6.65. The van der Waals surface area contributed by atoms with Crippen LogP contribution in [0.25, 0.3) is 0 Å². The minimum Gasteiger partial charge on any atom is -0.492 e. The fraction of sp³-hybridized carbons (Fsp3) is 0.583. The van der Waals surface area contributed by atoms with Crippen LogP contribution in [-0.2, 0) is 21.2 Å². The molecule has 2 bridgehead atoms. The Morgan fingerprint density at radius 2 is 1.88 bits per heavy atom. The van der Waals surface area contributed by atoms with Crippen LogP contribution < -0.4 is 4.74 Å². The Balaban J connectivity index is 1.59. The predicted molar refractivity (Wildman–Crippen MR) is 124 cm³/mol. The lowest BCUT2D eigenvalue weighted by Gasteiger charge is -2.36. The van der Waals surface area contributed by atoms with Gasteiger partial charge >= 0.3 is 0 Å². The number of fused-ring (bicyclic) bond motifs is 3. The van der Waals surface area contributed by atoms with Crippen LogP contribution in [0.4, 0.5) is 0 Å². The van der Waals surface area contributed by atoms with E-state index in [0.717, 1.165) is 44.4 Å². The van der Waals surface area contributed by atoms with Crippen LogP contribution in [0, 0.1) is 13.8 Å². The van der Waals surface area contributed by atoms with Gasteiger partial charge in [-0.25, -0.2) is 8.42 Å². The van der Waals surface area contributed by atoms with Gasteiger partial charge in [-0.3, -0.25) is 4.79 Å². The first-order valence-electron chi connectivity index (χ1n) is 11.8. The summed E-state index contributed by atoms with van der Waals surface area (Å²) >= 11 is 0. The Morgan fingerprint density at radius 3 is 2.67 bits per heavy atom. The number of nitrogens with zero attached hydrogens (tertiary/aromatic N) is 3. The van der Waals surface area contributed by atoms with Gasteiger partial charge in [-0.2, -0.15) is 4.31 Å². The normalized spacial score (nSPS) is 21.6. The third-order valence-corrected chi connectivity index (χ3v) is 8.73. The third kappa shape index (κ3) is 5.41. The van der Waals surface area contributed by atoms with Crippen molar-refractivity contribution in [3.05, 3.63) is 41.3 Å². The van der Waals surface area contributed by atoms with E-state index in [-0.39, 0.29) is 42.3 Å². The third-order valence-electron chi connectivity index (χ3n) is 6.59. The van der Waals surface area contributed by atoms with Gasteiger partial charge in [-0.15, -0.1) is 0 Å². The lowest BCUT2D eigenvalue weighted by Crippen LogP contribution is -2.44. The molecule has 1 atom stereocenters. The summed E-state index contributed by atoms with van der Waals surface area (Å²) in [7, 11) is -3.83. The number of ether oxygens (including phenoxy) is 1. The number of benzene rings is 1. The minimum atomic E-state index is -3.83. The van der Waals surface area contributed by atoms with Crippen molar-refractivity contribution >= 4 is 15.9 Å². The van der Waals surface area contributed by atoms with Gasteiger partial charge in [0.15, 0.2) is 5.76 Å². The average Bonchev–Trinajstić information content (AvgIpc) is 3.15. The number of carbonyl (C=O) groups excluding carboxylic acids is 1. The number of sulfonamides is 1. The molecular formula is C24H33N3O5S. The van der Waals surface area contributed by atoms with Crippen LogP contribution in [0.5, 0.6) is 5.75 Å². The molecule has 0 saturated carbocycles. The summed E-state index contributed by atoms with van der Waals surface area (Å²) in [5.74, 6) is 1.12. The minimum absolute atomic E-state index is 0.102. The molecule has 1 fully saturated rings. The number of hydrogen-bond donors (Lipinski definition) is 0. The first-order chi connectivity index (χ1) is 15.9. The average molecular weight is 476 g/mol. The lowest BCUT2D eigenvalue weighted by atomic mass is 9.95. The van der Waals surface area contributed by atoms with Crippen LogP contribution >= 0.6 is 0 Å². The number of carbonyl (C=O) groups is 1. The number of hydrogen-bond acceptors (Lipinski definition) is 6. The predicted octanol–water partition coefficient (Wildman–Crippen LogP) is 3.47. The Labute approximate surface area is 195 Å². The van der Waals surface area contributed by atoms with Gasteiger partial charge < -0.3 is 14.2 Å². The van der Waals surface area contributed by atoms with Crippen molar-refractivity contribution in [1.29, 1.82) is 0 Å². The van der Waals surface area contributed by atoms with Crippen molar-refractivity contribution in [2.75, 3.05) is 26.2 Å². The summed E-state index contributed by atoms with van der Waals surface area (Å²) in [5, 5.41) is 3.81. The Morgan fingerprint density at radius 1 is 1.03 bits per heavy atom. The molecule has 1 aromatic carbocycles. The number of aromatic nitrogens is 1. The van der Waals surface area contributed by atoms with Gasteiger partial charge in [0.25, 0.3) is 0 Å². The summed E-state index contributed by atoms with van der Waals surface area (Å²) in [6, 6.07) is 8.19. The number of amides is 1. The van der Waals surface area contributed by atoms with E-state index in [2.05, 4.69) is 11.2 Å². The zero-order chi connectivity index (χ0) is 23.4. The molecular weight excluding hydrogens is 442 g/mol. The molecule has 1 saturated heterocycles. The molecule has 0 aliphatic carbocycles. The van der Waals surface area contributed by atoms with E-state index < -0.39 is 10.0 Å². The molecule has 2 aliphatic heterocycles. The lowest BCUT2D eigenvalue weighted by molar-refractivity contribution is -0.135. The molecule has 1 unspecified atom stereocenters. The largest absolute Gasteiger partial charge is 0.492 e.